The van der Waals surface area contributed by atoms with Crippen LogP contribution in [0.4, 0.5) is 0 Å². The van der Waals surface area contributed by atoms with E-state index in [2.05, 4.69) is 27.2 Å². The second-order valence-electron chi connectivity index (χ2n) is 5.97. The van der Waals surface area contributed by atoms with E-state index in [1.807, 2.05) is 0 Å². The van der Waals surface area contributed by atoms with Crippen LogP contribution in [0.1, 0.15) is 91.4 Å². The fourth-order valence-electron chi connectivity index (χ4n) is 2.05. The molecule has 0 fully saturated rings. The topological polar surface area (TPSA) is 74.6 Å². The van der Waals surface area contributed by atoms with Gasteiger partial charge in [0.05, 0.1) is 0 Å². The van der Waals surface area contributed by atoms with Crippen LogP contribution in [-0.4, -0.2) is 17.5 Å². The first-order valence-electron chi connectivity index (χ1n) is 8.29. The Kier molecular flexibility index (Phi) is 25.1. The minimum atomic E-state index is -4.67. The van der Waals surface area contributed by atoms with E-state index in [0.717, 1.165) is 5.92 Å². The average Bonchev–Trinajstić information content (AvgIpc) is 2.33. The van der Waals surface area contributed by atoms with Gasteiger partial charge in [0, 0.05) is 0 Å². The Morgan fingerprint density at radius 3 is 1.68 bits per heavy atom. The van der Waals surface area contributed by atoms with Gasteiger partial charge in [-0.1, -0.05) is 78.6 Å². The zero-order valence-corrected chi connectivity index (χ0v) is 17.9. The molecule has 0 aliphatic heterocycles. The minimum absolute atomic E-state index is 0. The van der Waals surface area contributed by atoms with Crippen LogP contribution in [0.3, 0.4) is 0 Å². The van der Waals surface area contributed by atoms with Crippen LogP contribution in [-0.2, 0) is 10.4 Å². The Labute approximate surface area is 160 Å². The summed E-state index contributed by atoms with van der Waals surface area (Å²) in [6.07, 6.45) is 18.0. The Balaban J connectivity index is -0.000000520. The molecule has 0 atom stereocenters. The molecule has 22 heavy (non-hydrogen) atoms. The molecule has 0 aromatic carbocycles. The summed E-state index contributed by atoms with van der Waals surface area (Å²) < 4.78 is 31.6. The van der Waals surface area contributed by atoms with Crippen molar-refractivity contribution < 1.29 is 47.1 Å². The molecule has 0 heterocycles. The molecule has 6 heteroatoms. The summed E-state index contributed by atoms with van der Waals surface area (Å²) in [5.41, 5.74) is 0. The second kappa shape index (κ2) is 19.9. The predicted octanol–water partition coefficient (Wildman–Crippen LogP) is 2.51. The first kappa shape index (κ1) is 27.7. The van der Waals surface area contributed by atoms with Gasteiger partial charge in [0.1, 0.15) is 0 Å². The smallest absolute Gasteiger partial charge is 0.328 e. The summed E-state index contributed by atoms with van der Waals surface area (Å²) in [6.45, 7) is 6.92. The Hall–Kier alpha value is 0.870. The molecule has 0 aromatic rings. The second-order valence-corrected chi connectivity index (χ2v) is 6.87. The van der Waals surface area contributed by atoms with Crippen molar-refractivity contribution in [2.75, 3.05) is 0 Å². The standard InChI is InChI=1S/C16H33.Na.H2O4S/c1-4-5-6-7-8-9-10-11-12-13-14-15-16(2)3;;1-5(2,3)4/h10,16H,4-9,11-15H2,1-3H3;;(H2,1,2,3,4)/q-1;+1;. The Morgan fingerprint density at radius 2 is 1.27 bits per heavy atom. The molecule has 0 bridgehead atoms. The summed E-state index contributed by atoms with van der Waals surface area (Å²) in [4.78, 5) is 0. The maximum atomic E-state index is 8.74. The predicted molar refractivity (Wildman–Crippen MR) is 89.8 cm³/mol. The third kappa shape index (κ3) is 42.8. The number of rotatable bonds is 12. The van der Waals surface area contributed by atoms with Gasteiger partial charge in [-0.05, 0) is 5.92 Å². The van der Waals surface area contributed by atoms with E-state index < -0.39 is 10.4 Å². The molecule has 2 N–H and O–H groups in total. The van der Waals surface area contributed by atoms with Gasteiger partial charge in [-0.25, -0.2) is 0 Å². The van der Waals surface area contributed by atoms with Gasteiger partial charge in [-0.2, -0.15) is 21.3 Å². The van der Waals surface area contributed by atoms with Gasteiger partial charge >= 0.3 is 40.0 Å². The van der Waals surface area contributed by atoms with Gasteiger partial charge in [-0.15, -0.1) is 0 Å². The van der Waals surface area contributed by atoms with E-state index in [4.69, 9.17) is 17.5 Å². The van der Waals surface area contributed by atoms with Gasteiger partial charge < -0.3 is 6.42 Å². The minimum Gasteiger partial charge on any atom is -0.328 e. The monoisotopic (exact) mass is 346 g/mol. The Bertz CT molecular complexity index is 285. The molecule has 0 rings (SSSR count). The average molecular weight is 347 g/mol. The van der Waals surface area contributed by atoms with Crippen LogP contribution in [0.5, 0.6) is 0 Å². The van der Waals surface area contributed by atoms with E-state index in [1.54, 1.807) is 0 Å². The SMILES string of the molecule is CCCCCCC[CH-]CCCCCC(C)C.O=S(=O)(O)O.[Na+]. The van der Waals surface area contributed by atoms with Crippen molar-refractivity contribution in [3.05, 3.63) is 6.42 Å². The fraction of sp³-hybridized carbons (Fsp3) is 0.938. The van der Waals surface area contributed by atoms with Crippen LogP contribution >= 0.6 is 0 Å². The fourth-order valence-corrected chi connectivity index (χ4v) is 2.05. The maximum absolute atomic E-state index is 8.74. The Morgan fingerprint density at radius 1 is 0.864 bits per heavy atom. The quantitative estimate of drug-likeness (QED) is 0.246. The van der Waals surface area contributed by atoms with Crippen molar-refractivity contribution in [2.24, 2.45) is 5.92 Å². The summed E-state index contributed by atoms with van der Waals surface area (Å²) in [6, 6.07) is 0. The first-order valence-corrected chi connectivity index (χ1v) is 9.68. The number of hydrogen-bond acceptors (Lipinski definition) is 2. The molecular formula is C16H35NaO4S. The molecule has 0 aromatic heterocycles. The van der Waals surface area contributed by atoms with Crippen molar-refractivity contribution >= 4 is 10.4 Å². The largest absolute Gasteiger partial charge is 1.00 e. The van der Waals surface area contributed by atoms with Crippen molar-refractivity contribution in [3.8, 4) is 0 Å². The molecule has 0 spiro atoms. The molecule has 4 nitrogen and oxygen atoms in total. The van der Waals surface area contributed by atoms with Crippen LogP contribution in [0.2, 0.25) is 0 Å². The van der Waals surface area contributed by atoms with E-state index >= 15 is 0 Å². The number of unbranched alkanes of at least 4 members (excludes halogenated alkanes) is 10. The van der Waals surface area contributed by atoms with Gasteiger partial charge in [-0.3, -0.25) is 9.11 Å². The molecule has 0 aliphatic carbocycles. The maximum Gasteiger partial charge on any atom is 1.00 e. The van der Waals surface area contributed by atoms with Crippen LogP contribution in [0, 0.1) is 12.3 Å². The molecule has 0 unspecified atom stereocenters. The molecule has 0 amide bonds. The van der Waals surface area contributed by atoms with Crippen LogP contribution in [0.15, 0.2) is 0 Å². The van der Waals surface area contributed by atoms with Crippen LogP contribution < -0.4 is 29.6 Å². The van der Waals surface area contributed by atoms with E-state index in [-0.39, 0.29) is 29.6 Å². The third-order valence-electron chi connectivity index (χ3n) is 3.20. The van der Waals surface area contributed by atoms with Crippen molar-refractivity contribution in [2.45, 2.75) is 91.4 Å². The molecule has 0 saturated carbocycles. The molecular weight excluding hydrogens is 311 g/mol. The summed E-state index contributed by atoms with van der Waals surface area (Å²) in [7, 11) is -4.67. The van der Waals surface area contributed by atoms with Crippen LogP contribution in [0.25, 0.3) is 0 Å². The molecule has 0 radical (unpaired) electrons. The van der Waals surface area contributed by atoms with Crippen molar-refractivity contribution in [3.63, 3.8) is 0 Å². The van der Waals surface area contributed by atoms with E-state index in [1.165, 1.54) is 70.6 Å². The molecule has 0 saturated heterocycles. The zero-order valence-electron chi connectivity index (χ0n) is 15.1. The van der Waals surface area contributed by atoms with Crippen molar-refractivity contribution in [1.29, 1.82) is 0 Å². The van der Waals surface area contributed by atoms with Gasteiger partial charge in [0.15, 0.2) is 0 Å². The van der Waals surface area contributed by atoms with Gasteiger partial charge in [0.25, 0.3) is 0 Å². The van der Waals surface area contributed by atoms with Gasteiger partial charge in [0.2, 0.25) is 0 Å². The molecule has 130 valence electrons. The summed E-state index contributed by atoms with van der Waals surface area (Å²) >= 11 is 0. The first-order chi connectivity index (χ1) is 9.77. The van der Waals surface area contributed by atoms with Crippen molar-refractivity contribution in [1.82, 2.24) is 0 Å². The third-order valence-corrected chi connectivity index (χ3v) is 3.20. The zero-order chi connectivity index (χ0) is 16.6. The molecule has 0 aliphatic rings. The summed E-state index contributed by atoms with van der Waals surface area (Å²) in [5.74, 6) is 0.891. The summed E-state index contributed by atoms with van der Waals surface area (Å²) in [5, 5.41) is 0. The normalized spacial score (nSPS) is 10.8. The number of hydrogen-bond donors (Lipinski definition) is 2. The van der Waals surface area contributed by atoms with E-state index in [0.29, 0.717) is 0 Å². The van der Waals surface area contributed by atoms with E-state index in [9.17, 15) is 0 Å².